The zero-order valence-corrected chi connectivity index (χ0v) is 15.7. The fourth-order valence-electron chi connectivity index (χ4n) is 2.91. The first kappa shape index (κ1) is 18.4. The maximum atomic E-state index is 12.6. The number of rotatable bonds is 5. The Bertz CT molecular complexity index is 537. The number of nitrogens with one attached hydrogen (secondary N) is 2. The number of methoxy groups -OCH3 is 1. The second-order valence-corrected chi connectivity index (χ2v) is 8.55. The van der Waals surface area contributed by atoms with E-state index in [2.05, 4.69) is 36.4 Å². The molecule has 0 radical (unpaired) electrons. The molecular formula is C17H29N3O2S. The summed E-state index contributed by atoms with van der Waals surface area (Å²) in [5.41, 5.74) is 0.838. The highest BCUT2D eigenvalue weighted by atomic mass is 32.1. The molecule has 1 aliphatic heterocycles. The van der Waals surface area contributed by atoms with Gasteiger partial charge < -0.3 is 15.4 Å². The van der Waals surface area contributed by atoms with Gasteiger partial charge in [-0.3, -0.25) is 4.79 Å². The molecule has 2 N–H and O–H groups in total. The number of piperidine rings is 1. The van der Waals surface area contributed by atoms with E-state index in [0.717, 1.165) is 41.5 Å². The van der Waals surface area contributed by atoms with Gasteiger partial charge in [-0.25, -0.2) is 4.98 Å². The van der Waals surface area contributed by atoms with E-state index in [9.17, 15) is 4.79 Å². The quantitative estimate of drug-likeness (QED) is 0.865. The average molecular weight is 340 g/mol. The Hall–Kier alpha value is -0.980. The van der Waals surface area contributed by atoms with Crippen LogP contribution in [0.15, 0.2) is 0 Å². The highest BCUT2D eigenvalue weighted by Gasteiger charge is 2.33. The molecule has 0 spiro atoms. The molecule has 1 saturated heterocycles. The van der Waals surface area contributed by atoms with Gasteiger partial charge in [-0.1, -0.05) is 20.8 Å². The zero-order chi connectivity index (χ0) is 17.1. The number of amides is 1. The van der Waals surface area contributed by atoms with Gasteiger partial charge >= 0.3 is 0 Å². The van der Waals surface area contributed by atoms with Gasteiger partial charge in [-0.2, -0.15) is 0 Å². The van der Waals surface area contributed by atoms with Crippen molar-refractivity contribution >= 4 is 17.2 Å². The normalized spacial score (nSPS) is 18.0. The second kappa shape index (κ2) is 7.28. The fourth-order valence-corrected chi connectivity index (χ4v) is 3.95. The van der Waals surface area contributed by atoms with E-state index in [1.54, 1.807) is 7.11 Å². The molecule has 1 aromatic rings. The largest absolute Gasteiger partial charge is 0.384 e. The Morgan fingerprint density at radius 1 is 1.39 bits per heavy atom. The smallest absolute Gasteiger partial charge is 0.263 e. The molecule has 130 valence electrons. The first-order valence-corrected chi connectivity index (χ1v) is 9.05. The van der Waals surface area contributed by atoms with Gasteiger partial charge in [0, 0.05) is 24.5 Å². The van der Waals surface area contributed by atoms with E-state index in [-0.39, 0.29) is 16.7 Å². The van der Waals surface area contributed by atoms with Crippen LogP contribution in [-0.4, -0.2) is 44.2 Å². The summed E-state index contributed by atoms with van der Waals surface area (Å²) in [6, 6.07) is 0. The Morgan fingerprint density at radius 3 is 2.57 bits per heavy atom. The van der Waals surface area contributed by atoms with Gasteiger partial charge in [0.05, 0.1) is 17.3 Å². The third-order valence-electron chi connectivity index (χ3n) is 4.38. The monoisotopic (exact) mass is 339 g/mol. The Kier molecular flexibility index (Phi) is 5.81. The number of hydrogen-bond donors (Lipinski definition) is 2. The predicted octanol–water partition coefficient (Wildman–Crippen LogP) is 2.50. The van der Waals surface area contributed by atoms with Crippen LogP contribution in [-0.2, 0) is 10.2 Å². The van der Waals surface area contributed by atoms with E-state index >= 15 is 0 Å². The predicted molar refractivity (Wildman–Crippen MR) is 94.3 cm³/mol. The van der Waals surface area contributed by atoms with Crippen molar-refractivity contribution in [2.45, 2.75) is 46.0 Å². The minimum atomic E-state index is -0.0275. The molecule has 1 aromatic heterocycles. The van der Waals surface area contributed by atoms with Crippen molar-refractivity contribution in [2.75, 3.05) is 33.4 Å². The standard InChI is InChI=1S/C17H29N3O2S/c1-12-13(23-15(20-12)16(2,3)4)14(21)19-10-17(11-22-5)6-8-18-9-7-17/h18H,6-11H2,1-5H3,(H,19,21). The zero-order valence-electron chi connectivity index (χ0n) is 14.9. The summed E-state index contributed by atoms with van der Waals surface area (Å²) in [4.78, 5) is 17.9. The first-order chi connectivity index (χ1) is 10.8. The lowest BCUT2D eigenvalue weighted by atomic mass is 9.79. The van der Waals surface area contributed by atoms with Gasteiger partial charge in [-0.15, -0.1) is 11.3 Å². The highest BCUT2D eigenvalue weighted by Crippen LogP contribution is 2.30. The number of aromatic nitrogens is 1. The molecule has 0 atom stereocenters. The molecular weight excluding hydrogens is 310 g/mol. The lowest BCUT2D eigenvalue weighted by molar-refractivity contribution is 0.0512. The Labute approximate surface area is 143 Å². The van der Waals surface area contributed by atoms with Gasteiger partial charge in [0.25, 0.3) is 5.91 Å². The van der Waals surface area contributed by atoms with E-state index in [1.807, 2.05) is 6.92 Å². The summed E-state index contributed by atoms with van der Waals surface area (Å²) >= 11 is 1.51. The van der Waals surface area contributed by atoms with Gasteiger partial charge in [0.15, 0.2) is 0 Å². The molecule has 0 bridgehead atoms. The van der Waals surface area contributed by atoms with E-state index < -0.39 is 0 Å². The van der Waals surface area contributed by atoms with Crippen molar-refractivity contribution in [1.29, 1.82) is 0 Å². The number of carbonyl (C=O) groups excluding carboxylic acids is 1. The van der Waals surface area contributed by atoms with E-state index in [4.69, 9.17) is 4.74 Å². The van der Waals surface area contributed by atoms with Crippen molar-refractivity contribution in [3.63, 3.8) is 0 Å². The third-order valence-corrected chi connectivity index (χ3v) is 5.97. The SMILES string of the molecule is COCC1(CNC(=O)c2sc(C(C)(C)C)nc2C)CCNCC1. The van der Waals surface area contributed by atoms with Crippen LogP contribution in [0, 0.1) is 12.3 Å². The molecule has 5 nitrogen and oxygen atoms in total. The summed E-state index contributed by atoms with van der Waals surface area (Å²) in [6.07, 6.45) is 2.05. The van der Waals surface area contributed by atoms with Crippen molar-refractivity contribution < 1.29 is 9.53 Å². The van der Waals surface area contributed by atoms with Crippen LogP contribution in [0.1, 0.15) is 54.0 Å². The average Bonchev–Trinajstić information content (AvgIpc) is 2.88. The van der Waals surface area contributed by atoms with Gasteiger partial charge in [-0.05, 0) is 32.9 Å². The lowest BCUT2D eigenvalue weighted by Gasteiger charge is -2.37. The summed E-state index contributed by atoms with van der Waals surface area (Å²) < 4.78 is 5.41. The lowest BCUT2D eigenvalue weighted by Crippen LogP contribution is -2.47. The summed E-state index contributed by atoms with van der Waals surface area (Å²) in [7, 11) is 1.73. The van der Waals surface area contributed by atoms with E-state index in [1.165, 1.54) is 11.3 Å². The third kappa shape index (κ3) is 4.52. The summed E-state index contributed by atoms with van der Waals surface area (Å²) in [6.45, 7) is 11.6. The van der Waals surface area contributed by atoms with Crippen LogP contribution in [0.5, 0.6) is 0 Å². The molecule has 1 aliphatic rings. The molecule has 6 heteroatoms. The molecule has 1 fully saturated rings. The van der Waals surface area contributed by atoms with Crippen molar-refractivity contribution in [2.24, 2.45) is 5.41 Å². The van der Waals surface area contributed by atoms with Crippen LogP contribution in [0.3, 0.4) is 0 Å². The van der Waals surface area contributed by atoms with Crippen LogP contribution in [0.25, 0.3) is 0 Å². The number of aryl methyl sites for hydroxylation is 1. The molecule has 0 unspecified atom stereocenters. The minimum absolute atomic E-state index is 0.00971. The number of ether oxygens (including phenoxy) is 1. The Balaban J connectivity index is 2.05. The van der Waals surface area contributed by atoms with Crippen LogP contribution >= 0.6 is 11.3 Å². The van der Waals surface area contributed by atoms with Gasteiger partial charge in [0.2, 0.25) is 0 Å². The van der Waals surface area contributed by atoms with Crippen LogP contribution in [0.4, 0.5) is 0 Å². The maximum absolute atomic E-state index is 12.6. The summed E-state index contributed by atoms with van der Waals surface area (Å²) in [5, 5.41) is 7.50. The van der Waals surface area contributed by atoms with E-state index in [0.29, 0.717) is 13.2 Å². The Morgan fingerprint density at radius 2 is 2.04 bits per heavy atom. The van der Waals surface area contributed by atoms with Crippen LogP contribution < -0.4 is 10.6 Å². The van der Waals surface area contributed by atoms with Gasteiger partial charge in [0.1, 0.15) is 4.88 Å². The molecule has 0 saturated carbocycles. The second-order valence-electron chi connectivity index (χ2n) is 7.55. The molecule has 2 rings (SSSR count). The number of thiazole rings is 1. The molecule has 0 aliphatic carbocycles. The summed E-state index contributed by atoms with van der Waals surface area (Å²) in [5.74, 6) is -0.00971. The molecule has 23 heavy (non-hydrogen) atoms. The number of carbonyl (C=O) groups is 1. The van der Waals surface area contributed by atoms with Crippen molar-refractivity contribution in [3.05, 3.63) is 15.6 Å². The molecule has 2 heterocycles. The topological polar surface area (TPSA) is 63.2 Å². The first-order valence-electron chi connectivity index (χ1n) is 8.23. The number of nitrogens with zero attached hydrogens (tertiary/aromatic N) is 1. The maximum Gasteiger partial charge on any atom is 0.263 e. The number of hydrogen-bond acceptors (Lipinski definition) is 5. The van der Waals surface area contributed by atoms with Crippen molar-refractivity contribution in [1.82, 2.24) is 15.6 Å². The fraction of sp³-hybridized carbons (Fsp3) is 0.765. The molecule has 0 aromatic carbocycles. The highest BCUT2D eigenvalue weighted by molar-refractivity contribution is 7.14. The minimum Gasteiger partial charge on any atom is -0.384 e. The van der Waals surface area contributed by atoms with Crippen molar-refractivity contribution in [3.8, 4) is 0 Å². The van der Waals surface area contributed by atoms with Crippen LogP contribution in [0.2, 0.25) is 0 Å². The molecule has 1 amide bonds.